The maximum Gasteiger partial charge on any atom is 0.340 e. The maximum atomic E-state index is 13.1. The predicted molar refractivity (Wildman–Crippen MR) is 41.5 cm³/mol. The predicted octanol–water partition coefficient (Wildman–Crippen LogP) is 0.972. The summed E-state index contributed by atoms with van der Waals surface area (Å²) in [5, 5.41) is 10.2. The van der Waals surface area contributed by atoms with Crippen LogP contribution in [0.5, 0.6) is 0 Å². The molecule has 74 valence electrons. The second-order valence-corrected chi connectivity index (χ2v) is 2.38. The van der Waals surface area contributed by atoms with Crippen LogP contribution >= 0.6 is 0 Å². The van der Waals surface area contributed by atoms with Gasteiger partial charge in [0.15, 0.2) is 0 Å². The number of halogens is 2. The number of carbonyl (C=O) groups is 1. The molecular weight excluding hydrogens is 198 g/mol. The molecule has 0 aromatic heterocycles. The highest BCUT2D eigenvalue weighted by Crippen LogP contribution is 2.23. The Bertz CT molecular complexity index is 420. The largest absolute Gasteiger partial charge is 0.366 e. The van der Waals surface area contributed by atoms with Crippen LogP contribution in [0.3, 0.4) is 0 Å². The van der Waals surface area contributed by atoms with Crippen molar-refractivity contribution in [2.75, 3.05) is 0 Å². The maximum absolute atomic E-state index is 13.1. The van der Waals surface area contributed by atoms with E-state index in [1.165, 1.54) is 0 Å². The number of primary amides is 1. The lowest BCUT2D eigenvalue weighted by Crippen LogP contribution is -2.14. The lowest BCUT2D eigenvalue weighted by atomic mass is 10.1. The summed E-state index contributed by atoms with van der Waals surface area (Å²) in [6.45, 7) is 0. The first kappa shape index (κ1) is 10.0. The summed E-state index contributed by atoms with van der Waals surface area (Å²) < 4.78 is 25.8. The van der Waals surface area contributed by atoms with E-state index in [-0.39, 0.29) is 0 Å². The number of nitro benzene ring substituents is 1. The van der Waals surface area contributed by atoms with Crippen LogP contribution in [0.1, 0.15) is 10.4 Å². The molecule has 0 bridgehead atoms. The Morgan fingerprint density at radius 3 is 2.43 bits per heavy atom. The fourth-order valence-electron chi connectivity index (χ4n) is 0.899. The first-order chi connectivity index (χ1) is 6.45. The average molecular weight is 202 g/mol. The lowest BCUT2D eigenvalue weighted by molar-refractivity contribution is -0.390. The number of carbonyl (C=O) groups excluding carboxylic acids is 1. The summed E-state index contributed by atoms with van der Waals surface area (Å²) in [6, 6.07) is 1.36. The van der Waals surface area contributed by atoms with E-state index >= 15 is 0 Å². The molecule has 1 aromatic carbocycles. The molecule has 0 spiro atoms. The van der Waals surface area contributed by atoms with Gasteiger partial charge in [0.2, 0.25) is 11.6 Å². The van der Waals surface area contributed by atoms with Crippen LogP contribution in [0.25, 0.3) is 0 Å². The topological polar surface area (TPSA) is 86.2 Å². The number of nitro groups is 1. The molecule has 14 heavy (non-hydrogen) atoms. The highest BCUT2D eigenvalue weighted by molar-refractivity contribution is 5.93. The van der Waals surface area contributed by atoms with E-state index in [0.29, 0.717) is 6.07 Å². The SMILES string of the molecule is NC(=O)c1ccc(F)c([N+](=O)[O-])c1F. The molecule has 0 saturated heterocycles. The van der Waals surface area contributed by atoms with E-state index in [4.69, 9.17) is 5.73 Å². The summed E-state index contributed by atoms with van der Waals surface area (Å²) >= 11 is 0. The van der Waals surface area contributed by atoms with Crippen LogP contribution in [-0.4, -0.2) is 10.8 Å². The van der Waals surface area contributed by atoms with Crippen molar-refractivity contribution in [3.8, 4) is 0 Å². The number of nitrogens with zero attached hydrogens (tertiary/aromatic N) is 1. The normalized spacial score (nSPS) is 9.86. The molecule has 0 unspecified atom stereocenters. The summed E-state index contributed by atoms with van der Waals surface area (Å²) in [7, 11) is 0. The van der Waals surface area contributed by atoms with Crippen molar-refractivity contribution in [3.05, 3.63) is 39.4 Å². The first-order valence-corrected chi connectivity index (χ1v) is 3.37. The zero-order valence-corrected chi connectivity index (χ0v) is 6.66. The van der Waals surface area contributed by atoms with Crippen molar-refractivity contribution in [2.45, 2.75) is 0 Å². The molecule has 0 saturated carbocycles. The molecule has 0 fully saturated rings. The molecule has 1 rings (SSSR count). The zero-order valence-electron chi connectivity index (χ0n) is 6.66. The molecule has 1 amide bonds. The van der Waals surface area contributed by atoms with Crippen molar-refractivity contribution in [3.63, 3.8) is 0 Å². The summed E-state index contributed by atoms with van der Waals surface area (Å²) in [5.74, 6) is -4.09. The van der Waals surface area contributed by atoms with Gasteiger partial charge in [-0.1, -0.05) is 0 Å². The Kier molecular flexibility index (Phi) is 2.41. The number of hydrogen-bond acceptors (Lipinski definition) is 3. The number of benzene rings is 1. The molecule has 0 aliphatic carbocycles. The van der Waals surface area contributed by atoms with Crippen LogP contribution in [0.2, 0.25) is 0 Å². The van der Waals surface area contributed by atoms with Crippen LogP contribution in [0, 0.1) is 21.7 Å². The van der Waals surface area contributed by atoms with Crippen molar-refractivity contribution < 1.29 is 18.5 Å². The molecule has 1 aromatic rings. The van der Waals surface area contributed by atoms with E-state index in [9.17, 15) is 23.7 Å². The molecule has 7 heteroatoms. The first-order valence-electron chi connectivity index (χ1n) is 3.37. The summed E-state index contributed by atoms with van der Waals surface area (Å²) in [5.41, 5.74) is 2.63. The van der Waals surface area contributed by atoms with E-state index in [1.807, 2.05) is 0 Å². The quantitative estimate of drug-likeness (QED) is 0.572. The lowest BCUT2D eigenvalue weighted by Gasteiger charge is -1.99. The average Bonchev–Trinajstić information content (AvgIpc) is 2.02. The summed E-state index contributed by atoms with van der Waals surface area (Å²) in [4.78, 5) is 19.5. The van der Waals surface area contributed by atoms with E-state index in [0.717, 1.165) is 6.07 Å². The number of amides is 1. The van der Waals surface area contributed by atoms with Gasteiger partial charge >= 0.3 is 5.69 Å². The number of hydrogen-bond donors (Lipinski definition) is 1. The van der Waals surface area contributed by atoms with Gasteiger partial charge in [-0.2, -0.15) is 8.78 Å². The minimum atomic E-state index is -1.55. The van der Waals surface area contributed by atoms with Gasteiger partial charge in [-0.25, -0.2) is 0 Å². The van der Waals surface area contributed by atoms with Gasteiger partial charge in [-0.05, 0) is 12.1 Å². The Hall–Kier alpha value is -2.05. The minimum absolute atomic E-state index is 0.612. The fraction of sp³-hybridized carbons (Fsp3) is 0. The molecule has 0 heterocycles. The standard InChI is InChI=1S/C7H4F2N2O3/c8-4-2-1-3(7(10)12)5(9)6(4)11(13)14/h1-2H,(H2,10,12). The molecule has 0 aliphatic heterocycles. The molecule has 0 radical (unpaired) electrons. The van der Waals surface area contributed by atoms with Gasteiger partial charge < -0.3 is 5.73 Å². The zero-order chi connectivity index (χ0) is 10.9. The van der Waals surface area contributed by atoms with Gasteiger partial charge in [-0.15, -0.1) is 0 Å². The van der Waals surface area contributed by atoms with Crippen molar-refractivity contribution in [1.29, 1.82) is 0 Å². The minimum Gasteiger partial charge on any atom is -0.366 e. The molecule has 2 N–H and O–H groups in total. The second-order valence-electron chi connectivity index (χ2n) is 2.38. The second kappa shape index (κ2) is 3.36. The van der Waals surface area contributed by atoms with Crippen molar-refractivity contribution in [2.24, 2.45) is 5.73 Å². The van der Waals surface area contributed by atoms with Gasteiger partial charge in [-0.3, -0.25) is 14.9 Å². The van der Waals surface area contributed by atoms with Crippen molar-refractivity contribution >= 4 is 11.6 Å². The summed E-state index contributed by atoms with van der Waals surface area (Å²) in [6.07, 6.45) is 0. The van der Waals surface area contributed by atoms with Crippen LogP contribution < -0.4 is 5.73 Å². The Morgan fingerprint density at radius 1 is 1.43 bits per heavy atom. The van der Waals surface area contributed by atoms with Crippen LogP contribution in [-0.2, 0) is 0 Å². The van der Waals surface area contributed by atoms with Gasteiger partial charge in [0.05, 0.1) is 10.5 Å². The van der Waals surface area contributed by atoms with Crippen molar-refractivity contribution in [1.82, 2.24) is 0 Å². The monoisotopic (exact) mass is 202 g/mol. The third-order valence-electron chi connectivity index (χ3n) is 1.51. The van der Waals surface area contributed by atoms with Crippen LogP contribution in [0.15, 0.2) is 12.1 Å². The number of nitrogens with two attached hydrogens (primary N) is 1. The van der Waals surface area contributed by atoms with Gasteiger partial charge in [0.25, 0.3) is 5.91 Å². The molecular formula is C7H4F2N2O3. The fourth-order valence-corrected chi connectivity index (χ4v) is 0.899. The van der Waals surface area contributed by atoms with Crippen LogP contribution in [0.4, 0.5) is 14.5 Å². The third kappa shape index (κ3) is 1.51. The van der Waals surface area contributed by atoms with E-state index in [2.05, 4.69) is 0 Å². The number of rotatable bonds is 2. The molecule has 0 atom stereocenters. The smallest absolute Gasteiger partial charge is 0.340 e. The van der Waals surface area contributed by atoms with Gasteiger partial charge in [0, 0.05) is 0 Å². The van der Waals surface area contributed by atoms with E-state index in [1.54, 1.807) is 0 Å². The van der Waals surface area contributed by atoms with E-state index < -0.39 is 33.7 Å². The molecule has 5 nitrogen and oxygen atoms in total. The van der Waals surface area contributed by atoms with Gasteiger partial charge in [0.1, 0.15) is 0 Å². The highest BCUT2D eigenvalue weighted by Gasteiger charge is 2.25. The third-order valence-corrected chi connectivity index (χ3v) is 1.51. The Morgan fingerprint density at radius 2 is 2.00 bits per heavy atom. The molecule has 0 aliphatic rings. The Labute approximate surface area is 76.3 Å². The Balaban J connectivity index is 3.49. The highest BCUT2D eigenvalue weighted by atomic mass is 19.1.